The van der Waals surface area contributed by atoms with Crippen LogP contribution in [0.3, 0.4) is 0 Å². The number of nitrogens with one attached hydrogen (secondary N) is 1. The van der Waals surface area contributed by atoms with E-state index in [0.717, 1.165) is 36.2 Å². The lowest BCUT2D eigenvalue weighted by Gasteiger charge is -2.21. The maximum absolute atomic E-state index is 14.4. The van der Waals surface area contributed by atoms with E-state index in [1.165, 1.54) is 6.26 Å². The summed E-state index contributed by atoms with van der Waals surface area (Å²) in [7, 11) is 0. The Bertz CT molecular complexity index is 549. The molecule has 0 atom stereocenters. The number of aromatic nitrogens is 1. The maximum Gasteiger partial charge on any atom is 0.134 e. The fourth-order valence-corrected chi connectivity index (χ4v) is 2.38. The van der Waals surface area contributed by atoms with Gasteiger partial charge in [0.2, 0.25) is 0 Å². The van der Waals surface area contributed by atoms with Gasteiger partial charge in [-0.1, -0.05) is 5.16 Å². The van der Waals surface area contributed by atoms with Crippen LogP contribution in [0.5, 0.6) is 0 Å². The molecule has 0 saturated carbocycles. The number of nitrogens with zero attached hydrogens (tertiary/aromatic N) is 1. The molecule has 2 heterocycles. The summed E-state index contributed by atoms with van der Waals surface area (Å²) in [6.45, 7) is 3.60. The van der Waals surface area contributed by atoms with E-state index in [0.29, 0.717) is 11.1 Å². The predicted molar refractivity (Wildman–Crippen MR) is 62.0 cm³/mol. The first-order valence-corrected chi connectivity index (χ1v) is 5.68. The first-order chi connectivity index (χ1) is 8.27. The van der Waals surface area contributed by atoms with Crippen LogP contribution in [0.4, 0.5) is 4.39 Å². The summed E-state index contributed by atoms with van der Waals surface area (Å²) in [5.41, 5.74) is 4.33. The lowest BCUT2D eigenvalue weighted by atomic mass is 9.91. The van der Waals surface area contributed by atoms with E-state index < -0.39 is 0 Å². The first kappa shape index (κ1) is 10.5. The van der Waals surface area contributed by atoms with Gasteiger partial charge in [0, 0.05) is 17.7 Å². The standard InChI is InChI=1S/C13H13FN2O/c1-8-4-11(9-5-16-17-7-9)13(14)10-2-3-15-6-12(8)10/h4-5,7,15H,2-3,6H2,1H3. The number of fused-ring (bicyclic) bond motifs is 1. The quantitative estimate of drug-likeness (QED) is 0.820. The van der Waals surface area contributed by atoms with E-state index in [4.69, 9.17) is 4.52 Å². The van der Waals surface area contributed by atoms with Crippen LogP contribution in [0.2, 0.25) is 0 Å². The van der Waals surface area contributed by atoms with Crippen molar-refractivity contribution in [1.29, 1.82) is 0 Å². The van der Waals surface area contributed by atoms with Crippen LogP contribution < -0.4 is 5.32 Å². The number of rotatable bonds is 1. The normalized spacial score (nSPS) is 14.7. The summed E-state index contributed by atoms with van der Waals surface area (Å²) in [5.74, 6) is -0.129. The van der Waals surface area contributed by atoms with Gasteiger partial charge in [-0.2, -0.15) is 0 Å². The molecule has 2 aromatic rings. The average Bonchev–Trinajstić information content (AvgIpc) is 2.87. The Morgan fingerprint density at radius 2 is 2.29 bits per heavy atom. The van der Waals surface area contributed by atoms with Gasteiger partial charge in [-0.25, -0.2) is 4.39 Å². The summed E-state index contributed by atoms with van der Waals surface area (Å²) in [6, 6.07) is 1.87. The Labute approximate surface area is 98.6 Å². The molecule has 17 heavy (non-hydrogen) atoms. The van der Waals surface area contributed by atoms with Crippen LogP contribution in [0.15, 0.2) is 23.0 Å². The van der Waals surface area contributed by atoms with Crippen molar-refractivity contribution in [3.63, 3.8) is 0 Å². The van der Waals surface area contributed by atoms with E-state index in [9.17, 15) is 4.39 Å². The summed E-state index contributed by atoms with van der Waals surface area (Å²) < 4.78 is 19.2. The zero-order chi connectivity index (χ0) is 11.8. The fraction of sp³-hybridized carbons (Fsp3) is 0.308. The molecule has 4 heteroatoms. The van der Waals surface area contributed by atoms with Gasteiger partial charge >= 0.3 is 0 Å². The van der Waals surface area contributed by atoms with Crippen LogP contribution in [0.25, 0.3) is 11.1 Å². The van der Waals surface area contributed by atoms with Crippen molar-refractivity contribution in [3.05, 3.63) is 41.0 Å². The summed E-state index contributed by atoms with van der Waals surface area (Å²) in [6.07, 6.45) is 3.76. The maximum atomic E-state index is 14.4. The van der Waals surface area contributed by atoms with Gasteiger partial charge in [-0.15, -0.1) is 0 Å². The van der Waals surface area contributed by atoms with Crippen LogP contribution in [-0.4, -0.2) is 11.7 Å². The van der Waals surface area contributed by atoms with E-state index in [2.05, 4.69) is 10.5 Å². The SMILES string of the molecule is Cc1cc(-c2cnoc2)c(F)c2c1CNCC2. The van der Waals surface area contributed by atoms with Gasteiger partial charge in [-0.05, 0) is 42.6 Å². The van der Waals surface area contributed by atoms with Crippen LogP contribution in [-0.2, 0) is 13.0 Å². The molecule has 0 spiro atoms. The van der Waals surface area contributed by atoms with Crippen molar-refractivity contribution < 1.29 is 8.91 Å². The Hall–Kier alpha value is -1.68. The van der Waals surface area contributed by atoms with E-state index in [1.54, 1.807) is 6.20 Å². The third-order valence-corrected chi connectivity index (χ3v) is 3.30. The number of benzene rings is 1. The average molecular weight is 232 g/mol. The zero-order valence-electron chi connectivity index (χ0n) is 9.59. The van der Waals surface area contributed by atoms with Gasteiger partial charge in [0.25, 0.3) is 0 Å². The second-order valence-corrected chi connectivity index (χ2v) is 4.35. The Balaban J connectivity index is 2.21. The van der Waals surface area contributed by atoms with Crippen molar-refractivity contribution in [2.75, 3.05) is 6.54 Å². The zero-order valence-corrected chi connectivity index (χ0v) is 9.59. The van der Waals surface area contributed by atoms with Gasteiger partial charge in [-0.3, -0.25) is 0 Å². The number of hydrogen-bond acceptors (Lipinski definition) is 3. The molecule has 3 nitrogen and oxygen atoms in total. The minimum Gasteiger partial charge on any atom is -0.364 e. The molecule has 1 aliphatic heterocycles. The first-order valence-electron chi connectivity index (χ1n) is 5.68. The van der Waals surface area contributed by atoms with Crippen LogP contribution in [0.1, 0.15) is 16.7 Å². The molecular weight excluding hydrogens is 219 g/mol. The van der Waals surface area contributed by atoms with E-state index in [1.807, 2.05) is 13.0 Å². The molecule has 1 aromatic heterocycles. The molecule has 0 aliphatic carbocycles. The molecule has 1 N–H and O–H groups in total. The lowest BCUT2D eigenvalue weighted by Crippen LogP contribution is -2.25. The highest BCUT2D eigenvalue weighted by atomic mass is 19.1. The monoisotopic (exact) mass is 232 g/mol. The predicted octanol–water partition coefficient (Wildman–Crippen LogP) is 2.43. The smallest absolute Gasteiger partial charge is 0.134 e. The molecular formula is C13H13FN2O. The van der Waals surface area contributed by atoms with Crippen molar-refractivity contribution in [2.45, 2.75) is 19.9 Å². The third kappa shape index (κ3) is 1.65. The third-order valence-electron chi connectivity index (χ3n) is 3.30. The van der Waals surface area contributed by atoms with E-state index in [-0.39, 0.29) is 5.82 Å². The topological polar surface area (TPSA) is 38.1 Å². The molecule has 1 aromatic carbocycles. The second-order valence-electron chi connectivity index (χ2n) is 4.35. The Kier molecular flexibility index (Phi) is 2.44. The minimum atomic E-state index is -0.129. The molecule has 1 aliphatic rings. The summed E-state index contributed by atoms with van der Waals surface area (Å²) in [4.78, 5) is 0. The molecule has 88 valence electrons. The minimum absolute atomic E-state index is 0.129. The number of halogens is 1. The van der Waals surface area contributed by atoms with E-state index >= 15 is 0 Å². The summed E-state index contributed by atoms with van der Waals surface area (Å²) in [5, 5.41) is 6.89. The number of hydrogen-bond donors (Lipinski definition) is 1. The van der Waals surface area contributed by atoms with Crippen LogP contribution >= 0.6 is 0 Å². The highest BCUT2D eigenvalue weighted by molar-refractivity contribution is 5.65. The van der Waals surface area contributed by atoms with Crippen molar-refractivity contribution in [1.82, 2.24) is 10.5 Å². The van der Waals surface area contributed by atoms with Gasteiger partial charge in [0.1, 0.15) is 12.1 Å². The van der Waals surface area contributed by atoms with Gasteiger partial charge in [0.15, 0.2) is 0 Å². The molecule has 0 saturated heterocycles. The van der Waals surface area contributed by atoms with Gasteiger partial charge in [0.05, 0.1) is 6.20 Å². The largest absolute Gasteiger partial charge is 0.364 e. The Morgan fingerprint density at radius 3 is 3.06 bits per heavy atom. The highest BCUT2D eigenvalue weighted by Crippen LogP contribution is 2.30. The molecule has 0 amide bonds. The number of aryl methyl sites for hydroxylation is 1. The summed E-state index contributed by atoms with van der Waals surface area (Å²) >= 11 is 0. The highest BCUT2D eigenvalue weighted by Gasteiger charge is 2.20. The van der Waals surface area contributed by atoms with Crippen molar-refractivity contribution in [2.24, 2.45) is 0 Å². The molecule has 0 unspecified atom stereocenters. The molecule has 3 rings (SSSR count). The Morgan fingerprint density at radius 1 is 1.41 bits per heavy atom. The molecule has 0 radical (unpaired) electrons. The molecule has 0 fully saturated rings. The van der Waals surface area contributed by atoms with Crippen molar-refractivity contribution in [3.8, 4) is 11.1 Å². The lowest BCUT2D eigenvalue weighted by molar-refractivity contribution is 0.420. The fourth-order valence-electron chi connectivity index (χ4n) is 2.38. The van der Waals surface area contributed by atoms with Gasteiger partial charge < -0.3 is 9.84 Å². The molecule has 0 bridgehead atoms. The van der Waals surface area contributed by atoms with Crippen LogP contribution in [0, 0.1) is 12.7 Å². The second kappa shape index (κ2) is 3.96. The van der Waals surface area contributed by atoms with Crippen molar-refractivity contribution >= 4 is 0 Å².